The number of unbranched alkanes of at least 4 members (excludes halogenated alkanes) is 37. The minimum Gasteiger partial charge on any atom is -0.462 e. The number of aliphatic hydroxyl groups excluding tert-OH is 1. The third-order valence-electron chi connectivity index (χ3n) is 17.0. The molecule has 0 aromatic heterocycles. The third-order valence-corrected chi connectivity index (χ3v) is 18.9. The lowest BCUT2D eigenvalue weighted by atomic mass is 9.99. The largest absolute Gasteiger partial charge is 0.472 e. The fraction of sp³-hybridized carbons (Fsp3) is 0.944. The Hall–Kier alpha value is -1.94. The van der Waals surface area contributed by atoms with Crippen molar-refractivity contribution in [3.63, 3.8) is 0 Å². The molecule has 0 saturated carbocycles. The van der Waals surface area contributed by atoms with Gasteiger partial charge in [-0.15, -0.1) is 0 Å². The highest BCUT2D eigenvalue weighted by atomic mass is 31.2. The summed E-state index contributed by atoms with van der Waals surface area (Å²) >= 11 is 0. The quantitative estimate of drug-likeness (QED) is 0.0222. The first-order valence-electron chi connectivity index (χ1n) is 37.4. The molecule has 0 aliphatic heterocycles. The Morgan fingerprint density at radius 3 is 0.835 bits per heavy atom. The van der Waals surface area contributed by atoms with E-state index in [-0.39, 0.29) is 25.7 Å². The highest BCUT2D eigenvalue weighted by Gasteiger charge is 2.30. The Bertz CT molecular complexity index is 1790. The molecule has 3 N–H and O–H groups in total. The van der Waals surface area contributed by atoms with E-state index in [1.54, 1.807) is 0 Å². The summed E-state index contributed by atoms with van der Waals surface area (Å²) in [6, 6.07) is 0. The monoisotopic (exact) mass is 1340 g/mol. The van der Waals surface area contributed by atoms with Crippen LogP contribution < -0.4 is 0 Å². The summed E-state index contributed by atoms with van der Waals surface area (Å²) in [5.41, 5.74) is 0. The minimum atomic E-state index is -4.95. The molecule has 0 radical (unpaired) electrons. The fourth-order valence-electron chi connectivity index (χ4n) is 10.9. The molecule has 17 nitrogen and oxygen atoms in total. The van der Waals surface area contributed by atoms with Gasteiger partial charge in [-0.05, 0) is 43.4 Å². The van der Waals surface area contributed by atoms with Crippen LogP contribution in [-0.4, -0.2) is 96.7 Å². The second-order valence-corrected chi connectivity index (χ2v) is 30.1. The number of aliphatic hydroxyl groups is 1. The van der Waals surface area contributed by atoms with E-state index >= 15 is 0 Å². The molecule has 6 atom stereocenters. The molecule has 0 aromatic rings. The van der Waals surface area contributed by atoms with Gasteiger partial charge in [-0.25, -0.2) is 9.13 Å². The first-order chi connectivity index (χ1) is 43.8. The van der Waals surface area contributed by atoms with Crippen LogP contribution in [0.1, 0.15) is 363 Å². The van der Waals surface area contributed by atoms with E-state index in [2.05, 4.69) is 48.5 Å². The van der Waals surface area contributed by atoms with E-state index in [4.69, 9.17) is 37.0 Å². The molecule has 0 saturated heterocycles. The van der Waals surface area contributed by atoms with E-state index in [1.807, 2.05) is 0 Å². The summed E-state index contributed by atoms with van der Waals surface area (Å²) in [6.07, 6.45) is 47.1. The smallest absolute Gasteiger partial charge is 0.462 e. The van der Waals surface area contributed by atoms with Crippen molar-refractivity contribution < 1.29 is 80.2 Å². The van der Waals surface area contributed by atoms with E-state index in [0.29, 0.717) is 25.7 Å². The molecule has 0 aliphatic rings. The lowest BCUT2D eigenvalue weighted by Gasteiger charge is -2.21. The summed E-state index contributed by atoms with van der Waals surface area (Å²) in [5.74, 6) is 0.184. The fourth-order valence-corrected chi connectivity index (χ4v) is 12.4. The van der Waals surface area contributed by atoms with Crippen molar-refractivity contribution in [3.05, 3.63) is 0 Å². The standard InChI is InChI=1S/C72H140O17P2/c1-8-10-11-12-13-14-24-32-39-46-53-69(74)82-60-68(89-72(77)56-49-42-35-28-27-31-38-45-52-65(7)9-2)62-87-91(80,81)85-58-66(73)57-84-90(78,79)86-61-67(59-83-70(75)54-47-40-33-26-21-23-30-37-44-51-64(5)6)88-71(76)55-48-41-34-25-20-18-16-15-17-19-22-29-36-43-50-63(3)4/h63-68,73H,8-62H2,1-7H3,(H,78,79)(H,80,81)/t65?,66-,67-,68-/m1/s1. The maximum absolute atomic E-state index is 13.0. The van der Waals surface area contributed by atoms with Gasteiger partial charge in [-0.2, -0.15) is 0 Å². The number of esters is 4. The molecular weight excluding hydrogens is 1200 g/mol. The summed E-state index contributed by atoms with van der Waals surface area (Å²) in [6.45, 7) is 11.9. The number of phosphoric ester groups is 2. The Kier molecular flexibility index (Phi) is 61.5. The first-order valence-corrected chi connectivity index (χ1v) is 40.4. The van der Waals surface area contributed by atoms with Gasteiger partial charge in [-0.3, -0.25) is 37.3 Å². The summed E-state index contributed by atoms with van der Waals surface area (Å²) < 4.78 is 68.4. The summed E-state index contributed by atoms with van der Waals surface area (Å²) in [4.78, 5) is 72.6. The second kappa shape index (κ2) is 62.8. The summed E-state index contributed by atoms with van der Waals surface area (Å²) in [5, 5.41) is 10.6. The number of hydrogen-bond donors (Lipinski definition) is 3. The zero-order valence-corrected chi connectivity index (χ0v) is 61.1. The highest BCUT2D eigenvalue weighted by Crippen LogP contribution is 2.45. The molecule has 0 aromatic carbocycles. The normalized spacial score (nSPS) is 14.5. The molecule has 0 aliphatic carbocycles. The van der Waals surface area contributed by atoms with Crippen molar-refractivity contribution in [3.8, 4) is 0 Å². The molecule has 0 spiro atoms. The molecule has 0 fully saturated rings. The first kappa shape index (κ1) is 89.1. The zero-order chi connectivity index (χ0) is 67.3. The van der Waals surface area contributed by atoms with Gasteiger partial charge >= 0.3 is 39.5 Å². The Balaban J connectivity index is 5.25. The molecule has 0 bridgehead atoms. The van der Waals surface area contributed by atoms with Gasteiger partial charge in [0.1, 0.15) is 19.3 Å². The number of ether oxygens (including phenoxy) is 4. The number of hydrogen-bond acceptors (Lipinski definition) is 15. The van der Waals surface area contributed by atoms with Crippen molar-refractivity contribution in [2.75, 3.05) is 39.6 Å². The predicted octanol–water partition coefficient (Wildman–Crippen LogP) is 20.6. The van der Waals surface area contributed by atoms with Gasteiger partial charge in [0.2, 0.25) is 0 Å². The Morgan fingerprint density at radius 2 is 0.560 bits per heavy atom. The third kappa shape index (κ3) is 65.1. The average molecular weight is 1340 g/mol. The van der Waals surface area contributed by atoms with Gasteiger partial charge in [0.15, 0.2) is 12.2 Å². The molecule has 91 heavy (non-hydrogen) atoms. The predicted molar refractivity (Wildman–Crippen MR) is 368 cm³/mol. The van der Waals surface area contributed by atoms with Crippen LogP contribution >= 0.6 is 15.6 Å². The Labute approximate surface area is 556 Å². The number of phosphoric acid groups is 2. The highest BCUT2D eigenvalue weighted by molar-refractivity contribution is 7.47. The van der Waals surface area contributed by atoms with Crippen LogP contribution in [-0.2, 0) is 65.4 Å². The van der Waals surface area contributed by atoms with Crippen molar-refractivity contribution >= 4 is 39.5 Å². The zero-order valence-electron chi connectivity index (χ0n) is 59.3. The van der Waals surface area contributed by atoms with Crippen molar-refractivity contribution in [1.82, 2.24) is 0 Å². The minimum absolute atomic E-state index is 0.105. The second-order valence-electron chi connectivity index (χ2n) is 27.2. The molecule has 19 heteroatoms. The lowest BCUT2D eigenvalue weighted by molar-refractivity contribution is -0.161. The Morgan fingerprint density at radius 1 is 0.319 bits per heavy atom. The van der Waals surface area contributed by atoms with Gasteiger partial charge in [0, 0.05) is 25.7 Å². The maximum atomic E-state index is 13.0. The van der Waals surface area contributed by atoms with Gasteiger partial charge in [0.05, 0.1) is 26.4 Å². The van der Waals surface area contributed by atoms with Crippen molar-refractivity contribution in [1.29, 1.82) is 0 Å². The van der Waals surface area contributed by atoms with Gasteiger partial charge in [-0.1, -0.05) is 312 Å². The van der Waals surface area contributed by atoms with Gasteiger partial charge < -0.3 is 33.8 Å². The number of rotatable bonds is 70. The number of carbonyl (C=O) groups excluding carboxylic acids is 4. The van der Waals surface area contributed by atoms with Crippen molar-refractivity contribution in [2.45, 2.75) is 381 Å². The van der Waals surface area contributed by atoms with Crippen LogP contribution in [0.4, 0.5) is 0 Å². The number of carbonyl (C=O) groups is 4. The molecule has 0 heterocycles. The van der Waals surface area contributed by atoms with Crippen molar-refractivity contribution in [2.24, 2.45) is 17.8 Å². The van der Waals surface area contributed by atoms with Crippen LogP contribution in [0.25, 0.3) is 0 Å². The SMILES string of the molecule is CCCCCCCCCCCCC(=O)OC[C@H](COP(=O)(O)OC[C@H](O)COP(=O)(O)OC[C@@H](COC(=O)CCCCCCCCCCCC(C)C)OC(=O)CCCCCCCCCCCCCCCCC(C)C)OC(=O)CCCCCCCCCCC(C)CC. The molecule has 0 amide bonds. The topological polar surface area (TPSA) is 237 Å². The van der Waals surface area contributed by atoms with Crippen LogP contribution in [0.5, 0.6) is 0 Å². The van der Waals surface area contributed by atoms with Crippen LogP contribution in [0.3, 0.4) is 0 Å². The lowest BCUT2D eigenvalue weighted by Crippen LogP contribution is -2.30. The average Bonchev–Trinajstić information content (AvgIpc) is 2.77. The van der Waals surface area contributed by atoms with Crippen LogP contribution in [0, 0.1) is 17.8 Å². The maximum Gasteiger partial charge on any atom is 0.472 e. The molecule has 3 unspecified atom stereocenters. The van der Waals surface area contributed by atoms with Crippen LogP contribution in [0.15, 0.2) is 0 Å². The van der Waals surface area contributed by atoms with Crippen LogP contribution in [0.2, 0.25) is 0 Å². The van der Waals surface area contributed by atoms with E-state index in [9.17, 15) is 43.2 Å². The van der Waals surface area contributed by atoms with E-state index in [0.717, 1.165) is 108 Å². The molecule has 0 rings (SSSR count). The van der Waals surface area contributed by atoms with E-state index in [1.165, 1.54) is 173 Å². The summed E-state index contributed by atoms with van der Waals surface area (Å²) in [7, 11) is -9.90. The molecular formula is C72H140O17P2. The van der Waals surface area contributed by atoms with E-state index < -0.39 is 97.5 Å². The molecule has 540 valence electrons. The van der Waals surface area contributed by atoms with Gasteiger partial charge in [0.25, 0.3) is 0 Å².